The second-order valence-corrected chi connectivity index (χ2v) is 9.26. The molecule has 0 radical (unpaired) electrons. The van der Waals surface area contributed by atoms with Gasteiger partial charge in [0.15, 0.2) is 5.60 Å². The van der Waals surface area contributed by atoms with Gasteiger partial charge in [0.25, 0.3) is 5.56 Å². The highest BCUT2D eigenvalue weighted by molar-refractivity contribution is 9.10. The van der Waals surface area contributed by atoms with Gasteiger partial charge < -0.3 is 14.4 Å². The van der Waals surface area contributed by atoms with E-state index in [4.69, 9.17) is 9.72 Å². The molecule has 0 saturated carbocycles. The van der Waals surface area contributed by atoms with Gasteiger partial charge in [-0.2, -0.15) is 0 Å². The number of ether oxygens (including phenoxy) is 1. The first-order valence-corrected chi connectivity index (χ1v) is 11.2. The summed E-state index contributed by atoms with van der Waals surface area (Å²) in [5.74, 6) is -0.720. The Morgan fingerprint density at radius 3 is 2.78 bits per heavy atom. The van der Waals surface area contributed by atoms with E-state index in [-0.39, 0.29) is 18.6 Å². The van der Waals surface area contributed by atoms with Gasteiger partial charge in [-0.25, -0.2) is 9.78 Å². The number of halogens is 1. The van der Waals surface area contributed by atoms with Gasteiger partial charge in [0.1, 0.15) is 6.61 Å². The van der Waals surface area contributed by atoms with Crippen LogP contribution in [0.3, 0.4) is 0 Å². The number of fused-ring (bicyclic) bond motifs is 7. The van der Waals surface area contributed by atoms with Crippen LogP contribution in [0.4, 0.5) is 0 Å². The molecular formula is C24H18BrN3O4. The Hall–Kier alpha value is -3.10. The van der Waals surface area contributed by atoms with Gasteiger partial charge in [-0.15, -0.1) is 0 Å². The van der Waals surface area contributed by atoms with Crippen LogP contribution in [0.1, 0.15) is 35.6 Å². The highest BCUT2D eigenvalue weighted by Crippen LogP contribution is 2.41. The van der Waals surface area contributed by atoms with Crippen LogP contribution in [-0.4, -0.2) is 25.6 Å². The first kappa shape index (κ1) is 19.6. The summed E-state index contributed by atoms with van der Waals surface area (Å²) in [5, 5.41) is 13.0. The fraction of sp³-hybridized carbons (Fsp3) is 0.250. The molecule has 3 aromatic heterocycles. The molecular weight excluding hydrogens is 474 g/mol. The Balaban J connectivity index is 1.67. The van der Waals surface area contributed by atoms with Crippen LogP contribution < -0.4 is 5.56 Å². The molecule has 1 aromatic carbocycles. The third-order valence-electron chi connectivity index (χ3n) is 6.76. The van der Waals surface area contributed by atoms with Crippen LogP contribution in [0.25, 0.3) is 33.2 Å². The lowest BCUT2D eigenvalue weighted by atomic mass is 9.86. The van der Waals surface area contributed by atoms with Crippen molar-refractivity contribution in [1.82, 2.24) is 14.5 Å². The zero-order valence-corrected chi connectivity index (χ0v) is 19.0. The summed E-state index contributed by atoms with van der Waals surface area (Å²) in [7, 11) is 0. The lowest BCUT2D eigenvalue weighted by Gasteiger charge is -2.31. The molecule has 0 saturated heterocycles. The Bertz CT molecular complexity index is 1580. The summed E-state index contributed by atoms with van der Waals surface area (Å²) >= 11 is 3.51. The third kappa shape index (κ3) is 2.39. The minimum absolute atomic E-state index is 0.118. The number of rotatable bonds is 1. The van der Waals surface area contributed by atoms with Crippen molar-refractivity contribution in [3.63, 3.8) is 0 Å². The van der Waals surface area contributed by atoms with E-state index in [1.807, 2.05) is 25.1 Å². The fourth-order valence-electron chi connectivity index (χ4n) is 4.98. The average molecular weight is 492 g/mol. The van der Waals surface area contributed by atoms with Crippen LogP contribution in [0.2, 0.25) is 0 Å². The van der Waals surface area contributed by atoms with Crippen LogP contribution in [0.15, 0.2) is 39.7 Å². The van der Waals surface area contributed by atoms with Crippen LogP contribution in [-0.2, 0) is 28.3 Å². The van der Waals surface area contributed by atoms with Crippen molar-refractivity contribution in [2.24, 2.45) is 0 Å². The van der Waals surface area contributed by atoms with E-state index in [2.05, 4.69) is 20.9 Å². The Kier molecular flexibility index (Phi) is 3.95. The second-order valence-electron chi connectivity index (χ2n) is 8.35. The van der Waals surface area contributed by atoms with Gasteiger partial charge >= 0.3 is 5.97 Å². The summed E-state index contributed by atoms with van der Waals surface area (Å²) in [6.07, 6.45) is 1.88. The van der Waals surface area contributed by atoms with E-state index in [1.165, 1.54) is 0 Å². The molecule has 7 nitrogen and oxygen atoms in total. The van der Waals surface area contributed by atoms with Gasteiger partial charge in [-0.1, -0.05) is 6.92 Å². The Morgan fingerprint density at radius 2 is 2.00 bits per heavy atom. The van der Waals surface area contributed by atoms with Crippen molar-refractivity contribution < 1.29 is 14.6 Å². The fourth-order valence-corrected chi connectivity index (χ4v) is 5.31. The van der Waals surface area contributed by atoms with Crippen molar-refractivity contribution in [3.8, 4) is 11.4 Å². The molecule has 1 atom stereocenters. The number of carbonyl (C=O) groups is 1. The predicted octanol–water partition coefficient (Wildman–Crippen LogP) is 3.70. The number of esters is 1. The number of cyclic esters (lactones) is 1. The number of aromatic nitrogens is 3. The maximum absolute atomic E-state index is 13.4. The molecule has 2 aliphatic rings. The summed E-state index contributed by atoms with van der Waals surface area (Å²) < 4.78 is 7.69. The van der Waals surface area contributed by atoms with Crippen molar-refractivity contribution in [2.75, 3.05) is 0 Å². The Labute approximate surface area is 190 Å². The highest BCUT2D eigenvalue weighted by Gasteiger charge is 2.45. The van der Waals surface area contributed by atoms with Crippen molar-refractivity contribution in [3.05, 3.63) is 67.5 Å². The third-order valence-corrected chi connectivity index (χ3v) is 7.19. The number of hydrogen-bond acceptors (Lipinski definition) is 6. The second kappa shape index (κ2) is 6.46. The van der Waals surface area contributed by atoms with Crippen molar-refractivity contribution >= 4 is 43.7 Å². The summed E-state index contributed by atoms with van der Waals surface area (Å²) in [5.41, 5.74) is 3.55. The molecule has 0 fully saturated rings. The molecule has 0 unspecified atom stereocenters. The summed E-state index contributed by atoms with van der Waals surface area (Å²) in [6.45, 7) is 3.98. The number of aryl methyl sites for hydroxylation is 1. The molecule has 8 heteroatoms. The van der Waals surface area contributed by atoms with Crippen LogP contribution in [0, 0.1) is 6.92 Å². The van der Waals surface area contributed by atoms with Crippen LogP contribution in [0.5, 0.6) is 0 Å². The number of aliphatic hydroxyl groups is 1. The summed E-state index contributed by atoms with van der Waals surface area (Å²) in [4.78, 5) is 35.1. The maximum Gasteiger partial charge on any atom is 0.343 e. The molecule has 2 aliphatic heterocycles. The average Bonchev–Trinajstić information content (AvgIpc) is 3.16. The van der Waals surface area contributed by atoms with Crippen LogP contribution >= 0.6 is 15.9 Å². The predicted molar refractivity (Wildman–Crippen MR) is 122 cm³/mol. The molecule has 160 valence electrons. The largest absolute Gasteiger partial charge is 0.458 e. The van der Waals surface area contributed by atoms with Crippen molar-refractivity contribution in [2.45, 2.75) is 39.0 Å². The lowest BCUT2D eigenvalue weighted by molar-refractivity contribution is -0.172. The van der Waals surface area contributed by atoms with Crippen molar-refractivity contribution in [1.29, 1.82) is 0 Å². The highest BCUT2D eigenvalue weighted by atomic mass is 79.9. The molecule has 0 spiro atoms. The van der Waals surface area contributed by atoms with E-state index in [1.54, 1.807) is 23.8 Å². The topological polar surface area (TPSA) is 94.3 Å². The Morgan fingerprint density at radius 1 is 1.22 bits per heavy atom. The van der Waals surface area contributed by atoms with Gasteiger partial charge in [-0.05, 0) is 59.1 Å². The molecule has 6 rings (SSSR count). The van der Waals surface area contributed by atoms with E-state index in [9.17, 15) is 14.7 Å². The number of hydrogen-bond donors (Lipinski definition) is 1. The SMILES string of the molecule is CC[C@@]1(O)C(=O)OCc2c1cc1n(c2=O)Cc2c-1nc1ccc3ncc(Br)cc3c1c2C. The van der Waals surface area contributed by atoms with Gasteiger partial charge in [-0.3, -0.25) is 9.78 Å². The minimum atomic E-state index is -1.83. The first-order valence-electron chi connectivity index (χ1n) is 10.4. The maximum atomic E-state index is 13.4. The van der Waals surface area contributed by atoms with E-state index in [0.717, 1.165) is 37.4 Å². The van der Waals surface area contributed by atoms with E-state index >= 15 is 0 Å². The molecule has 4 aromatic rings. The van der Waals surface area contributed by atoms with Gasteiger partial charge in [0.05, 0.1) is 34.5 Å². The lowest BCUT2D eigenvalue weighted by Crippen LogP contribution is -2.44. The zero-order chi connectivity index (χ0) is 22.4. The normalized spacial score (nSPS) is 19.1. The first-order chi connectivity index (χ1) is 15.3. The number of carbonyl (C=O) groups excluding carboxylic acids is 1. The number of nitrogens with zero attached hydrogens (tertiary/aromatic N) is 3. The summed E-state index contributed by atoms with van der Waals surface area (Å²) in [6, 6.07) is 7.64. The quantitative estimate of drug-likeness (QED) is 0.283. The smallest absolute Gasteiger partial charge is 0.343 e. The molecule has 0 bridgehead atoms. The molecule has 32 heavy (non-hydrogen) atoms. The number of benzene rings is 1. The molecule has 5 heterocycles. The monoisotopic (exact) mass is 491 g/mol. The van der Waals surface area contributed by atoms with E-state index in [0.29, 0.717) is 29.1 Å². The minimum Gasteiger partial charge on any atom is -0.458 e. The molecule has 0 aliphatic carbocycles. The zero-order valence-electron chi connectivity index (χ0n) is 17.4. The standard InChI is InChI=1S/C24H18BrN3O4/c1-3-24(31)16-7-19-21-14(9-28(19)22(29)15(16)10-32-23(24)30)11(2)20-13-6-12(25)8-26-17(13)4-5-18(20)27-21/h4-8,31H,3,9-10H2,1-2H3/t24-/m0/s1. The molecule has 0 amide bonds. The molecule has 1 N–H and O–H groups in total. The van der Waals surface area contributed by atoms with Gasteiger partial charge in [0, 0.05) is 32.6 Å². The number of pyridine rings is 3. The van der Waals surface area contributed by atoms with Gasteiger partial charge in [0.2, 0.25) is 0 Å². The van der Waals surface area contributed by atoms with E-state index < -0.39 is 11.6 Å².